The van der Waals surface area contributed by atoms with E-state index < -0.39 is 11.9 Å². The molecule has 190 valence electrons. The van der Waals surface area contributed by atoms with Crippen LogP contribution < -0.4 is 0 Å². The van der Waals surface area contributed by atoms with E-state index in [4.69, 9.17) is 9.47 Å². The summed E-state index contributed by atoms with van der Waals surface area (Å²) in [5.74, 6) is -0.741. The van der Waals surface area contributed by atoms with E-state index in [0.717, 1.165) is 49.7 Å². The highest BCUT2D eigenvalue weighted by molar-refractivity contribution is 6.03. The van der Waals surface area contributed by atoms with Crippen molar-refractivity contribution < 1.29 is 19.1 Å². The largest absolute Gasteiger partial charge is 0.461 e. The van der Waals surface area contributed by atoms with Crippen LogP contribution in [0.5, 0.6) is 0 Å². The van der Waals surface area contributed by atoms with Crippen molar-refractivity contribution >= 4 is 11.9 Å². The van der Waals surface area contributed by atoms with Gasteiger partial charge in [-0.2, -0.15) is 0 Å². The smallest absolute Gasteiger partial charge is 0.339 e. The minimum atomic E-state index is -0.495. The van der Waals surface area contributed by atoms with Gasteiger partial charge in [-0.05, 0) is 36.1 Å². The minimum Gasteiger partial charge on any atom is -0.461 e. The Morgan fingerprint density at radius 3 is 1.31 bits per heavy atom. The van der Waals surface area contributed by atoms with Gasteiger partial charge < -0.3 is 9.47 Å². The quantitative estimate of drug-likeness (QED) is 0.217. The molecule has 0 aliphatic rings. The molecule has 0 bridgehead atoms. The SMILES string of the molecule is CCCCC(COC(=O)c1ccccc1C(=O)OCC(CCCC)c1ccccc1)c1ccccc1. The van der Waals surface area contributed by atoms with Gasteiger partial charge in [-0.15, -0.1) is 0 Å². The fourth-order valence-electron chi connectivity index (χ4n) is 4.39. The van der Waals surface area contributed by atoms with E-state index in [9.17, 15) is 9.59 Å². The predicted octanol–water partition coefficient (Wildman–Crippen LogP) is 7.95. The van der Waals surface area contributed by atoms with Crippen LogP contribution in [0.15, 0.2) is 84.9 Å². The third-order valence-electron chi connectivity index (χ3n) is 6.55. The zero-order chi connectivity index (χ0) is 25.6. The Morgan fingerprint density at radius 2 is 0.944 bits per heavy atom. The van der Waals surface area contributed by atoms with Crippen molar-refractivity contribution in [2.45, 2.75) is 64.2 Å². The molecule has 0 amide bonds. The molecule has 4 nitrogen and oxygen atoms in total. The molecule has 2 unspecified atom stereocenters. The molecule has 0 saturated heterocycles. The number of rotatable bonds is 14. The molecule has 3 aromatic rings. The average Bonchev–Trinajstić information content (AvgIpc) is 2.94. The number of hydrogen-bond acceptors (Lipinski definition) is 4. The van der Waals surface area contributed by atoms with Crippen molar-refractivity contribution in [2.75, 3.05) is 13.2 Å². The Bertz CT molecular complexity index is 975. The lowest BCUT2D eigenvalue weighted by molar-refractivity contribution is 0.0427. The highest BCUT2D eigenvalue weighted by atomic mass is 16.5. The van der Waals surface area contributed by atoms with Crippen LogP contribution in [0.3, 0.4) is 0 Å². The van der Waals surface area contributed by atoms with E-state index in [1.807, 2.05) is 36.4 Å². The topological polar surface area (TPSA) is 52.6 Å². The summed E-state index contributed by atoms with van der Waals surface area (Å²) in [4.78, 5) is 26.1. The Morgan fingerprint density at radius 1 is 0.583 bits per heavy atom. The zero-order valence-electron chi connectivity index (χ0n) is 21.5. The summed E-state index contributed by atoms with van der Waals surface area (Å²) >= 11 is 0. The maximum atomic E-state index is 13.1. The van der Waals surface area contributed by atoms with Gasteiger partial charge >= 0.3 is 11.9 Å². The Hall–Kier alpha value is -3.40. The molecule has 3 aromatic carbocycles. The van der Waals surface area contributed by atoms with E-state index in [2.05, 4.69) is 38.1 Å². The van der Waals surface area contributed by atoms with Gasteiger partial charge in [0.1, 0.15) is 0 Å². The fraction of sp³-hybridized carbons (Fsp3) is 0.375. The first-order chi connectivity index (χ1) is 17.6. The van der Waals surface area contributed by atoms with E-state index in [0.29, 0.717) is 0 Å². The standard InChI is InChI=1S/C32H38O4/c1-3-5-15-27(25-17-9-7-10-18-25)23-35-31(33)29-21-13-14-22-30(29)32(34)36-24-28(16-6-4-2)26-19-11-8-12-20-26/h7-14,17-22,27-28H,3-6,15-16,23-24H2,1-2H3. The molecule has 0 fully saturated rings. The molecule has 3 rings (SSSR count). The lowest BCUT2D eigenvalue weighted by Gasteiger charge is -2.19. The van der Waals surface area contributed by atoms with Crippen LogP contribution in [-0.2, 0) is 9.47 Å². The summed E-state index contributed by atoms with van der Waals surface area (Å²) in [6.45, 7) is 4.86. The van der Waals surface area contributed by atoms with Crippen molar-refractivity contribution in [1.29, 1.82) is 0 Å². The van der Waals surface area contributed by atoms with Gasteiger partial charge in [-0.1, -0.05) is 112 Å². The summed E-state index contributed by atoms with van der Waals surface area (Å²) in [5, 5.41) is 0. The summed E-state index contributed by atoms with van der Waals surface area (Å²) < 4.78 is 11.5. The molecule has 0 spiro atoms. The van der Waals surface area contributed by atoms with E-state index in [-0.39, 0.29) is 36.2 Å². The first-order valence-corrected chi connectivity index (χ1v) is 13.2. The van der Waals surface area contributed by atoms with Crippen molar-refractivity contribution in [3.8, 4) is 0 Å². The number of ether oxygens (including phenoxy) is 2. The number of benzene rings is 3. The molecule has 4 heteroatoms. The number of carbonyl (C=O) groups is 2. The second kappa shape index (κ2) is 14.9. The van der Waals surface area contributed by atoms with Crippen molar-refractivity contribution in [1.82, 2.24) is 0 Å². The van der Waals surface area contributed by atoms with E-state index in [1.165, 1.54) is 0 Å². The van der Waals surface area contributed by atoms with Gasteiger partial charge in [0.2, 0.25) is 0 Å². The van der Waals surface area contributed by atoms with Crippen LogP contribution in [0, 0.1) is 0 Å². The lowest BCUT2D eigenvalue weighted by Crippen LogP contribution is -2.19. The monoisotopic (exact) mass is 486 g/mol. The molecule has 0 N–H and O–H groups in total. The first-order valence-electron chi connectivity index (χ1n) is 13.2. The normalized spacial score (nSPS) is 12.5. The second-order valence-electron chi connectivity index (χ2n) is 9.24. The highest BCUT2D eigenvalue weighted by Crippen LogP contribution is 2.25. The predicted molar refractivity (Wildman–Crippen MR) is 144 cm³/mol. The van der Waals surface area contributed by atoms with Crippen LogP contribution in [0.2, 0.25) is 0 Å². The molecule has 0 aromatic heterocycles. The van der Waals surface area contributed by atoms with Crippen LogP contribution in [0.4, 0.5) is 0 Å². The summed E-state index contributed by atoms with van der Waals surface area (Å²) in [6, 6.07) is 27.0. The van der Waals surface area contributed by atoms with Crippen molar-refractivity contribution in [3.05, 3.63) is 107 Å². The van der Waals surface area contributed by atoms with Gasteiger partial charge in [0, 0.05) is 11.8 Å². The van der Waals surface area contributed by atoms with Gasteiger partial charge in [-0.25, -0.2) is 9.59 Å². The van der Waals surface area contributed by atoms with Gasteiger partial charge in [0.15, 0.2) is 0 Å². The molecule has 0 aliphatic carbocycles. The third kappa shape index (κ3) is 8.08. The Labute approximate surface area is 215 Å². The second-order valence-corrected chi connectivity index (χ2v) is 9.24. The maximum absolute atomic E-state index is 13.1. The lowest BCUT2D eigenvalue weighted by atomic mass is 9.94. The van der Waals surface area contributed by atoms with E-state index >= 15 is 0 Å². The average molecular weight is 487 g/mol. The number of unbranched alkanes of at least 4 members (excludes halogenated alkanes) is 2. The molecular weight excluding hydrogens is 448 g/mol. The molecule has 0 radical (unpaired) electrons. The molecule has 0 saturated carbocycles. The van der Waals surface area contributed by atoms with Gasteiger partial charge in [0.05, 0.1) is 24.3 Å². The van der Waals surface area contributed by atoms with Gasteiger partial charge in [0.25, 0.3) is 0 Å². The highest BCUT2D eigenvalue weighted by Gasteiger charge is 2.22. The summed E-state index contributed by atoms with van der Waals surface area (Å²) in [7, 11) is 0. The molecular formula is C32H38O4. The first kappa shape index (κ1) is 27.2. The molecule has 0 aliphatic heterocycles. The summed E-state index contributed by atoms with van der Waals surface area (Å²) in [5.41, 5.74) is 2.81. The Balaban J connectivity index is 1.67. The number of hydrogen-bond donors (Lipinski definition) is 0. The van der Waals surface area contributed by atoms with Crippen molar-refractivity contribution in [3.63, 3.8) is 0 Å². The number of carbonyl (C=O) groups excluding carboxylic acids is 2. The minimum absolute atomic E-state index is 0.124. The van der Waals surface area contributed by atoms with Crippen molar-refractivity contribution in [2.24, 2.45) is 0 Å². The zero-order valence-corrected chi connectivity index (χ0v) is 21.5. The maximum Gasteiger partial charge on any atom is 0.339 e. The molecule has 0 heterocycles. The summed E-state index contributed by atoms with van der Waals surface area (Å²) in [6.07, 6.45) is 6.15. The Kier molecular flexibility index (Phi) is 11.2. The van der Waals surface area contributed by atoms with Crippen LogP contribution in [0.1, 0.15) is 96.1 Å². The van der Waals surface area contributed by atoms with E-state index in [1.54, 1.807) is 24.3 Å². The van der Waals surface area contributed by atoms with Crippen LogP contribution >= 0.6 is 0 Å². The fourth-order valence-corrected chi connectivity index (χ4v) is 4.39. The van der Waals surface area contributed by atoms with Crippen LogP contribution in [0.25, 0.3) is 0 Å². The molecule has 36 heavy (non-hydrogen) atoms. The van der Waals surface area contributed by atoms with Gasteiger partial charge in [-0.3, -0.25) is 0 Å². The molecule has 2 atom stereocenters. The van der Waals surface area contributed by atoms with Crippen LogP contribution in [-0.4, -0.2) is 25.2 Å². The number of esters is 2. The third-order valence-corrected chi connectivity index (χ3v) is 6.55.